The Morgan fingerprint density at radius 3 is 2.75 bits per heavy atom. The largest absolute Gasteiger partial charge is 0.385 e. The molecule has 1 aromatic heterocycles. The summed E-state index contributed by atoms with van der Waals surface area (Å²) in [5.41, 5.74) is 2.01. The summed E-state index contributed by atoms with van der Waals surface area (Å²) in [6, 6.07) is 6.02. The molecule has 0 bridgehead atoms. The fourth-order valence-corrected chi connectivity index (χ4v) is 2.15. The third-order valence-corrected chi connectivity index (χ3v) is 3.36. The third-order valence-electron chi connectivity index (χ3n) is 3.36. The Hall–Kier alpha value is -0.930. The van der Waals surface area contributed by atoms with E-state index in [4.69, 9.17) is 4.74 Å². The number of nitrogens with one attached hydrogen (secondary N) is 2. The Morgan fingerprint density at radius 2 is 2.08 bits per heavy atom. The summed E-state index contributed by atoms with van der Waals surface area (Å²) < 4.78 is 5.07. The molecular weight excluding hydrogens is 417 g/mol. The molecule has 0 radical (unpaired) electrons. The number of aromatic nitrogens is 1. The van der Waals surface area contributed by atoms with Gasteiger partial charge < -0.3 is 20.3 Å². The molecule has 0 unspecified atom stereocenters. The first-order valence-electron chi connectivity index (χ1n) is 8.28. The summed E-state index contributed by atoms with van der Waals surface area (Å²) in [6.07, 6.45) is 1.06. The maximum absolute atomic E-state index is 5.07. The zero-order valence-electron chi connectivity index (χ0n) is 15.3. The maximum atomic E-state index is 5.07. The Kier molecular flexibility index (Phi) is 13.9. The first kappa shape index (κ1) is 23.1. The quantitative estimate of drug-likeness (QED) is 0.248. The van der Waals surface area contributed by atoms with E-state index in [0.29, 0.717) is 6.54 Å². The number of aliphatic imine (C=N–C) groups is 1. The number of guanidine groups is 1. The summed E-state index contributed by atoms with van der Waals surface area (Å²) in [6.45, 7) is 9.17. The highest BCUT2D eigenvalue weighted by Crippen LogP contribution is 1.99. The monoisotopic (exact) mass is 449 g/mol. The van der Waals surface area contributed by atoms with Gasteiger partial charge in [0.15, 0.2) is 5.96 Å². The van der Waals surface area contributed by atoms with Crippen LogP contribution in [-0.2, 0) is 11.3 Å². The van der Waals surface area contributed by atoms with Gasteiger partial charge in [0.2, 0.25) is 0 Å². The molecule has 1 heterocycles. The van der Waals surface area contributed by atoms with E-state index in [-0.39, 0.29) is 24.0 Å². The molecule has 138 valence electrons. The molecule has 0 spiro atoms. The van der Waals surface area contributed by atoms with Crippen LogP contribution in [0.15, 0.2) is 23.2 Å². The molecule has 1 aromatic rings. The second-order valence-electron chi connectivity index (χ2n) is 5.54. The Morgan fingerprint density at radius 1 is 1.29 bits per heavy atom. The number of hydrogen-bond acceptors (Lipinski definition) is 4. The first-order valence-corrected chi connectivity index (χ1v) is 8.28. The predicted molar refractivity (Wildman–Crippen MR) is 111 cm³/mol. The van der Waals surface area contributed by atoms with E-state index in [0.717, 1.165) is 56.6 Å². The van der Waals surface area contributed by atoms with Crippen LogP contribution in [0.25, 0.3) is 0 Å². The van der Waals surface area contributed by atoms with Gasteiger partial charge in [0.25, 0.3) is 0 Å². The van der Waals surface area contributed by atoms with Crippen molar-refractivity contribution in [3.8, 4) is 0 Å². The second-order valence-corrected chi connectivity index (χ2v) is 5.54. The molecule has 0 aliphatic carbocycles. The van der Waals surface area contributed by atoms with Crippen molar-refractivity contribution < 1.29 is 4.74 Å². The van der Waals surface area contributed by atoms with E-state index in [1.807, 2.05) is 25.1 Å². The molecule has 0 saturated carbocycles. The van der Waals surface area contributed by atoms with Crippen LogP contribution in [0.4, 0.5) is 0 Å². The minimum absolute atomic E-state index is 0. The van der Waals surface area contributed by atoms with Crippen LogP contribution in [0.3, 0.4) is 0 Å². The third kappa shape index (κ3) is 10.8. The number of hydrogen-bond donors (Lipinski definition) is 2. The van der Waals surface area contributed by atoms with Crippen LogP contribution in [-0.4, -0.2) is 62.8 Å². The zero-order chi connectivity index (χ0) is 16.9. The van der Waals surface area contributed by atoms with Gasteiger partial charge in [-0.05, 0) is 39.4 Å². The molecule has 24 heavy (non-hydrogen) atoms. The van der Waals surface area contributed by atoms with Crippen molar-refractivity contribution in [2.45, 2.75) is 26.8 Å². The summed E-state index contributed by atoms with van der Waals surface area (Å²) in [5.74, 6) is 0.834. The maximum Gasteiger partial charge on any atom is 0.191 e. The van der Waals surface area contributed by atoms with Gasteiger partial charge in [-0.3, -0.25) is 4.98 Å². The van der Waals surface area contributed by atoms with Crippen molar-refractivity contribution in [2.24, 2.45) is 4.99 Å². The minimum Gasteiger partial charge on any atom is -0.385 e. The van der Waals surface area contributed by atoms with Gasteiger partial charge in [-0.15, -0.1) is 24.0 Å². The summed E-state index contributed by atoms with van der Waals surface area (Å²) >= 11 is 0. The molecule has 0 amide bonds. The average molecular weight is 449 g/mol. The van der Waals surface area contributed by atoms with Gasteiger partial charge >= 0.3 is 0 Å². The molecule has 1 rings (SSSR count). The van der Waals surface area contributed by atoms with Crippen molar-refractivity contribution >= 4 is 29.9 Å². The zero-order valence-corrected chi connectivity index (χ0v) is 17.7. The van der Waals surface area contributed by atoms with E-state index in [1.165, 1.54) is 0 Å². The van der Waals surface area contributed by atoms with Gasteiger partial charge in [0, 0.05) is 45.6 Å². The van der Waals surface area contributed by atoms with E-state index in [1.54, 1.807) is 7.11 Å². The van der Waals surface area contributed by atoms with Gasteiger partial charge in [0.1, 0.15) is 0 Å². The van der Waals surface area contributed by atoms with E-state index < -0.39 is 0 Å². The average Bonchev–Trinajstić information content (AvgIpc) is 2.53. The van der Waals surface area contributed by atoms with Crippen molar-refractivity contribution in [3.05, 3.63) is 29.6 Å². The molecule has 0 aromatic carbocycles. The molecule has 0 fully saturated rings. The van der Waals surface area contributed by atoms with Crippen molar-refractivity contribution in [1.82, 2.24) is 20.5 Å². The van der Waals surface area contributed by atoms with E-state index in [9.17, 15) is 0 Å². The molecule has 0 atom stereocenters. The van der Waals surface area contributed by atoms with Gasteiger partial charge in [0.05, 0.1) is 12.2 Å². The highest BCUT2D eigenvalue weighted by Gasteiger charge is 2.01. The lowest BCUT2D eigenvalue weighted by molar-refractivity contribution is 0.180. The molecular formula is C17H32IN5O. The number of methoxy groups -OCH3 is 1. The minimum atomic E-state index is 0. The van der Waals surface area contributed by atoms with E-state index in [2.05, 4.69) is 39.5 Å². The van der Waals surface area contributed by atoms with Crippen LogP contribution in [0.5, 0.6) is 0 Å². The van der Waals surface area contributed by atoms with Crippen molar-refractivity contribution in [2.75, 3.05) is 46.9 Å². The molecule has 0 saturated heterocycles. The van der Waals surface area contributed by atoms with Crippen molar-refractivity contribution in [1.29, 1.82) is 0 Å². The lowest BCUT2D eigenvalue weighted by Crippen LogP contribution is -2.41. The van der Waals surface area contributed by atoms with Crippen LogP contribution >= 0.6 is 24.0 Å². The Balaban J connectivity index is 0.00000529. The summed E-state index contributed by atoms with van der Waals surface area (Å²) in [5, 5.41) is 6.63. The topological polar surface area (TPSA) is 61.8 Å². The molecule has 2 N–H and O–H groups in total. The van der Waals surface area contributed by atoms with Gasteiger partial charge in [-0.2, -0.15) is 0 Å². The lowest BCUT2D eigenvalue weighted by Gasteiger charge is -2.18. The number of halogens is 1. The first-order chi connectivity index (χ1) is 11.2. The summed E-state index contributed by atoms with van der Waals surface area (Å²) in [4.78, 5) is 11.4. The number of ether oxygens (including phenoxy) is 1. The van der Waals surface area contributed by atoms with Gasteiger partial charge in [-0.25, -0.2) is 4.99 Å². The highest BCUT2D eigenvalue weighted by atomic mass is 127. The number of nitrogens with zero attached hydrogens (tertiary/aromatic N) is 3. The Bertz CT molecular complexity index is 470. The predicted octanol–water partition coefficient (Wildman–Crippen LogP) is 2.03. The van der Waals surface area contributed by atoms with Crippen LogP contribution in [0, 0.1) is 6.92 Å². The van der Waals surface area contributed by atoms with Crippen molar-refractivity contribution in [3.63, 3.8) is 0 Å². The fraction of sp³-hybridized carbons (Fsp3) is 0.647. The number of aryl methyl sites for hydroxylation is 1. The lowest BCUT2D eigenvalue weighted by atomic mass is 10.3. The number of likely N-dealkylation sites (N-methyl/N-ethyl adjacent to an activating group) is 1. The molecule has 7 heteroatoms. The smallest absolute Gasteiger partial charge is 0.191 e. The number of pyridine rings is 1. The SMILES string of the molecule is CCNC(=NCc1cccc(C)n1)NCCN(C)CCCOC.I. The molecule has 0 aliphatic heterocycles. The van der Waals surface area contributed by atoms with Crippen LogP contribution in [0.1, 0.15) is 24.7 Å². The normalized spacial score (nSPS) is 11.3. The number of rotatable bonds is 10. The summed E-state index contributed by atoms with van der Waals surface area (Å²) in [7, 11) is 3.86. The Labute approximate surface area is 163 Å². The van der Waals surface area contributed by atoms with E-state index >= 15 is 0 Å². The van der Waals surface area contributed by atoms with Gasteiger partial charge in [-0.1, -0.05) is 6.07 Å². The molecule has 0 aliphatic rings. The fourth-order valence-electron chi connectivity index (χ4n) is 2.15. The highest BCUT2D eigenvalue weighted by molar-refractivity contribution is 14.0. The standard InChI is InChI=1S/C17H31N5O.HI/c1-5-18-17(19-10-12-22(3)11-7-13-23-4)20-14-16-9-6-8-15(2)21-16;/h6,8-9H,5,7,10-14H2,1-4H3,(H2,18,19,20);1H. The van der Waals surface area contributed by atoms with Crippen LogP contribution < -0.4 is 10.6 Å². The molecule has 6 nitrogen and oxygen atoms in total. The van der Waals surface area contributed by atoms with Crippen LogP contribution in [0.2, 0.25) is 0 Å². The second kappa shape index (κ2) is 14.4.